The fourth-order valence-corrected chi connectivity index (χ4v) is 1.72. The van der Waals surface area contributed by atoms with Gasteiger partial charge in [-0.1, -0.05) is 13.3 Å². The number of ketones is 1. The second-order valence-electron chi connectivity index (χ2n) is 4.52. The predicted molar refractivity (Wildman–Crippen MR) is 73.0 cm³/mol. The normalized spacial score (nSPS) is 12.2. The van der Waals surface area contributed by atoms with E-state index < -0.39 is 0 Å². The van der Waals surface area contributed by atoms with Crippen molar-refractivity contribution in [3.8, 4) is 0 Å². The molecule has 106 valence electrons. The molecule has 0 aliphatic heterocycles. The van der Waals surface area contributed by atoms with Gasteiger partial charge in [-0.05, 0) is 32.6 Å². The van der Waals surface area contributed by atoms with E-state index in [1.807, 2.05) is 0 Å². The maximum absolute atomic E-state index is 11.3. The van der Waals surface area contributed by atoms with E-state index in [-0.39, 0.29) is 17.7 Å². The van der Waals surface area contributed by atoms with Gasteiger partial charge in [0.1, 0.15) is 5.78 Å². The van der Waals surface area contributed by atoms with E-state index in [0.717, 1.165) is 32.1 Å². The largest absolute Gasteiger partial charge is 0.356 e. The van der Waals surface area contributed by atoms with Crippen molar-refractivity contribution < 1.29 is 9.59 Å². The van der Waals surface area contributed by atoms with Crippen molar-refractivity contribution in [2.45, 2.75) is 58.4 Å². The van der Waals surface area contributed by atoms with Crippen molar-refractivity contribution in [1.82, 2.24) is 10.6 Å². The highest BCUT2D eigenvalue weighted by Crippen LogP contribution is 2.01. The van der Waals surface area contributed by atoms with Gasteiger partial charge in [0.15, 0.2) is 0 Å². The van der Waals surface area contributed by atoms with Gasteiger partial charge in [-0.2, -0.15) is 0 Å². The maximum atomic E-state index is 11.3. The Balaban J connectivity index is 3.53. The fourth-order valence-electron chi connectivity index (χ4n) is 1.72. The number of hydrogen-bond acceptors (Lipinski definition) is 4. The summed E-state index contributed by atoms with van der Waals surface area (Å²) in [5.74, 6) is 0.243. The van der Waals surface area contributed by atoms with Crippen LogP contribution in [0, 0.1) is 0 Å². The zero-order valence-electron chi connectivity index (χ0n) is 11.6. The molecule has 0 saturated carbocycles. The van der Waals surface area contributed by atoms with Crippen molar-refractivity contribution in [2.75, 3.05) is 13.2 Å². The van der Waals surface area contributed by atoms with Crippen molar-refractivity contribution >= 4 is 11.7 Å². The Hall–Kier alpha value is -0.940. The van der Waals surface area contributed by atoms with E-state index in [0.29, 0.717) is 19.6 Å². The van der Waals surface area contributed by atoms with Crippen molar-refractivity contribution in [3.63, 3.8) is 0 Å². The van der Waals surface area contributed by atoms with Crippen LogP contribution >= 0.6 is 0 Å². The third-order valence-corrected chi connectivity index (χ3v) is 2.85. The number of Topliss-reactive ketones (excluding diaryl/α,β-unsaturated/α-hetero) is 1. The van der Waals surface area contributed by atoms with Crippen LogP contribution < -0.4 is 16.4 Å². The molecule has 0 rings (SSSR count). The molecule has 1 atom stereocenters. The van der Waals surface area contributed by atoms with E-state index in [4.69, 9.17) is 5.73 Å². The molecule has 0 aliphatic carbocycles. The number of carbonyl (C=O) groups excluding carboxylic acids is 2. The molecular weight excluding hydrogens is 230 g/mol. The lowest BCUT2D eigenvalue weighted by atomic mass is 10.1. The number of nitrogens with two attached hydrogens (primary N) is 1. The topological polar surface area (TPSA) is 84.2 Å². The van der Waals surface area contributed by atoms with Crippen LogP contribution in [0.2, 0.25) is 0 Å². The highest BCUT2D eigenvalue weighted by molar-refractivity contribution is 5.81. The monoisotopic (exact) mass is 257 g/mol. The highest BCUT2D eigenvalue weighted by Gasteiger charge is 2.11. The fraction of sp³-hybridized carbons (Fsp3) is 0.846. The lowest BCUT2D eigenvalue weighted by Gasteiger charge is -2.14. The summed E-state index contributed by atoms with van der Waals surface area (Å²) >= 11 is 0. The minimum Gasteiger partial charge on any atom is -0.356 e. The van der Waals surface area contributed by atoms with Crippen LogP contribution in [0.3, 0.4) is 0 Å². The smallest absolute Gasteiger partial charge is 0.219 e. The summed E-state index contributed by atoms with van der Waals surface area (Å²) < 4.78 is 0. The van der Waals surface area contributed by atoms with Crippen LogP contribution in [0.4, 0.5) is 0 Å². The van der Waals surface area contributed by atoms with Gasteiger partial charge in [0.25, 0.3) is 0 Å². The number of unbranched alkanes of at least 4 members (excludes halogenated alkanes) is 2. The van der Waals surface area contributed by atoms with Crippen LogP contribution in [-0.4, -0.2) is 30.9 Å². The van der Waals surface area contributed by atoms with Crippen molar-refractivity contribution in [2.24, 2.45) is 5.73 Å². The van der Waals surface area contributed by atoms with Gasteiger partial charge in [-0.15, -0.1) is 0 Å². The first kappa shape index (κ1) is 17.1. The van der Waals surface area contributed by atoms with E-state index in [9.17, 15) is 9.59 Å². The zero-order valence-corrected chi connectivity index (χ0v) is 11.6. The summed E-state index contributed by atoms with van der Waals surface area (Å²) in [5, 5.41) is 5.83. The standard InChI is InChI=1S/C13H27N3O2/c1-3-4-8-13(18)15-9-6-5-7-12(11(2)17)16-10-14/h12,16H,3-10,14H2,1-2H3,(H,15,18)/t12-/m0/s1. The van der Waals surface area contributed by atoms with Gasteiger partial charge in [-0.25, -0.2) is 0 Å². The van der Waals surface area contributed by atoms with Crippen LogP contribution in [0.5, 0.6) is 0 Å². The molecule has 5 nitrogen and oxygen atoms in total. The minimum absolute atomic E-state index is 0.118. The number of hydrogen-bond donors (Lipinski definition) is 3. The molecule has 0 fully saturated rings. The molecule has 0 aromatic heterocycles. The summed E-state index contributed by atoms with van der Waals surface area (Å²) in [6.45, 7) is 4.65. The maximum Gasteiger partial charge on any atom is 0.219 e. The Morgan fingerprint density at radius 1 is 1.22 bits per heavy atom. The SMILES string of the molecule is CCCCC(=O)NCCCC[C@H](NCN)C(C)=O. The van der Waals surface area contributed by atoms with Gasteiger partial charge in [-0.3, -0.25) is 14.9 Å². The van der Waals surface area contributed by atoms with E-state index >= 15 is 0 Å². The molecule has 0 spiro atoms. The third kappa shape index (κ3) is 9.13. The van der Waals surface area contributed by atoms with Crippen molar-refractivity contribution in [3.05, 3.63) is 0 Å². The first-order chi connectivity index (χ1) is 8.61. The molecule has 0 aromatic rings. The molecule has 0 radical (unpaired) electrons. The number of carbonyl (C=O) groups is 2. The lowest BCUT2D eigenvalue weighted by Crippen LogP contribution is -2.39. The molecule has 0 aromatic carbocycles. The van der Waals surface area contributed by atoms with Gasteiger partial charge in [0.2, 0.25) is 5.91 Å². The lowest BCUT2D eigenvalue weighted by molar-refractivity contribution is -0.121. The van der Waals surface area contributed by atoms with E-state index in [1.165, 1.54) is 0 Å². The number of rotatable bonds is 11. The van der Waals surface area contributed by atoms with Gasteiger partial charge in [0.05, 0.1) is 6.04 Å². The molecule has 0 bridgehead atoms. The molecule has 0 unspecified atom stereocenters. The van der Waals surface area contributed by atoms with Gasteiger partial charge < -0.3 is 11.1 Å². The Kier molecular flexibility index (Phi) is 10.6. The minimum atomic E-state index is -0.147. The van der Waals surface area contributed by atoms with Crippen LogP contribution in [-0.2, 0) is 9.59 Å². The Labute approximate surface area is 110 Å². The Morgan fingerprint density at radius 2 is 1.94 bits per heavy atom. The van der Waals surface area contributed by atoms with Crippen LogP contribution in [0.1, 0.15) is 52.4 Å². The molecule has 5 heteroatoms. The Bertz CT molecular complexity index is 244. The molecule has 0 saturated heterocycles. The van der Waals surface area contributed by atoms with Crippen LogP contribution in [0.15, 0.2) is 0 Å². The molecular formula is C13H27N3O2. The van der Waals surface area contributed by atoms with Gasteiger partial charge >= 0.3 is 0 Å². The third-order valence-electron chi connectivity index (χ3n) is 2.85. The molecule has 18 heavy (non-hydrogen) atoms. The number of amides is 1. The zero-order chi connectivity index (χ0) is 13.8. The molecule has 0 aliphatic rings. The quantitative estimate of drug-likeness (QED) is 0.380. The summed E-state index contributed by atoms with van der Waals surface area (Å²) in [6.07, 6.45) is 5.18. The van der Waals surface area contributed by atoms with E-state index in [1.54, 1.807) is 6.92 Å². The molecule has 0 heterocycles. The first-order valence-electron chi connectivity index (χ1n) is 6.82. The number of nitrogens with one attached hydrogen (secondary N) is 2. The van der Waals surface area contributed by atoms with Crippen molar-refractivity contribution in [1.29, 1.82) is 0 Å². The summed E-state index contributed by atoms with van der Waals surface area (Å²) in [5.41, 5.74) is 5.36. The average molecular weight is 257 g/mol. The second-order valence-corrected chi connectivity index (χ2v) is 4.52. The average Bonchev–Trinajstić information content (AvgIpc) is 2.34. The van der Waals surface area contributed by atoms with Gasteiger partial charge in [0, 0.05) is 19.6 Å². The predicted octanol–water partition coefficient (Wildman–Crippen LogP) is 0.927. The summed E-state index contributed by atoms with van der Waals surface area (Å²) in [7, 11) is 0. The summed E-state index contributed by atoms with van der Waals surface area (Å²) in [4.78, 5) is 22.6. The highest BCUT2D eigenvalue weighted by atomic mass is 16.1. The van der Waals surface area contributed by atoms with Crippen LogP contribution in [0.25, 0.3) is 0 Å². The van der Waals surface area contributed by atoms with E-state index in [2.05, 4.69) is 17.6 Å². The first-order valence-corrected chi connectivity index (χ1v) is 6.82. The summed E-state index contributed by atoms with van der Waals surface area (Å²) in [6, 6.07) is -0.147. The molecule has 4 N–H and O–H groups in total. The second kappa shape index (κ2) is 11.2. The molecule has 1 amide bonds. The Morgan fingerprint density at radius 3 is 2.50 bits per heavy atom.